The Bertz CT molecular complexity index is 761. The first-order valence-corrected chi connectivity index (χ1v) is 9.52. The molecule has 0 spiro atoms. The molecule has 1 amide bonds. The minimum Gasteiger partial charge on any atom is -0.297 e. The Kier molecular flexibility index (Phi) is 4.64. The molecule has 0 unspecified atom stereocenters. The third kappa shape index (κ3) is 3.38. The van der Waals surface area contributed by atoms with Gasteiger partial charge in [0.25, 0.3) is 5.91 Å². The van der Waals surface area contributed by atoms with Gasteiger partial charge in [0.2, 0.25) is 0 Å². The fourth-order valence-corrected chi connectivity index (χ4v) is 4.96. The maximum atomic E-state index is 12.5. The van der Waals surface area contributed by atoms with E-state index in [1.165, 1.54) is 41.5 Å². The maximum Gasteiger partial charge on any atom is 0.267 e. The van der Waals surface area contributed by atoms with E-state index in [2.05, 4.69) is 17.2 Å². The molecule has 23 heavy (non-hydrogen) atoms. The predicted octanol–water partition coefficient (Wildman–Crippen LogP) is 4.48. The fraction of sp³-hybridized carbons (Fsp3) is 0.471. The van der Waals surface area contributed by atoms with Gasteiger partial charge in [0.05, 0.1) is 15.4 Å². The molecule has 0 saturated carbocycles. The molecule has 2 aromatic rings. The van der Waals surface area contributed by atoms with Gasteiger partial charge in [-0.05, 0) is 43.7 Å². The van der Waals surface area contributed by atoms with Crippen LogP contribution in [0.3, 0.4) is 0 Å². The Morgan fingerprint density at radius 3 is 2.83 bits per heavy atom. The van der Waals surface area contributed by atoms with E-state index >= 15 is 0 Å². The lowest BCUT2D eigenvalue weighted by atomic mass is 9.87. The summed E-state index contributed by atoms with van der Waals surface area (Å²) in [5, 5.41) is 3.33. The third-order valence-corrected chi connectivity index (χ3v) is 6.73. The van der Waals surface area contributed by atoms with Crippen molar-refractivity contribution in [2.75, 3.05) is 5.32 Å². The average Bonchev–Trinajstić information content (AvgIpc) is 3.09. The zero-order chi connectivity index (χ0) is 16.6. The van der Waals surface area contributed by atoms with E-state index in [9.17, 15) is 9.59 Å². The molecule has 1 aliphatic carbocycles. The number of ketones is 1. The summed E-state index contributed by atoms with van der Waals surface area (Å²) in [6.45, 7) is 5.54. The molecular formula is C17H20N2O2S2. The first-order chi connectivity index (χ1) is 11.0. The predicted molar refractivity (Wildman–Crippen MR) is 94.9 cm³/mol. The molecule has 1 aliphatic rings. The number of nitrogens with zero attached hydrogens (tertiary/aromatic N) is 1. The molecular weight excluding hydrogens is 328 g/mol. The van der Waals surface area contributed by atoms with Crippen LogP contribution in [0.4, 0.5) is 5.13 Å². The average molecular weight is 348 g/mol. The Morgan fingerprint density at radius 1 is 1.39 bits per heavy atom. The lowest BCUT2D eigenvalue weighted by Gasteiger charge is -2.19. The van der Waals surface area contributed by atoms with Crippen LogP contribution in [0.2, 0.25) is 0 Å². The van der Waals surface area contributed by atoms with Crippen molar-refractivity contribution in [3.63, 3.8) is 0 Å². The molecule has 4 nitrogen and oxygen atoms in total. The zero-order valence-corrected chi connectivity index (χ0v) is 15.2. The van der Waals surface area contributed by atoms with Crippen molar-refractivity contribution in [3.05, 3.63) is 32.0 Å². The number of hydrogen-bond acceptors (Lipinski definition) is 5. The maximum absolute atomic E-state index is 12.5. The Labute approximate surface area is 144 Å². The van der Waals surface area contributed by atoms with Crippen LogP contribution in [0.1, 0.15) is 62.2 Å². The van der Waals surface area contributed by atoms with Crippen LogP contribution in [-0.2, 0) is 12.8 Å². The van der Waals surface area contributed by atoms with Crippen molar-refractivity contribution in [3.8, 4) is 0 Å². The highest BCUT2D eigenvalue weighted by atomic mass is 32.1. The molecule has 0 aromatic carbocycles. The first kappa shape index (κ1) is 16.3. The molecule has 122 valence electrons. The SMILES string of the molecule is CC[C@@H]1CCc2sc(C(=O)Nc3nc(C)c(C(C)=O)s3)cc2C1. The first-order valence-electron chi connectivity index (χ1n) is 7.89. The van der Waals surface area contributed by atoms with Gasteiger partial charge in [0, 0.05) is 11.8 Å². The Morgan fingerprint density at radius 2 is 2.17 bits per heavy atom. The Hall–Kier alpha value is -1.53. The van der Waals surface area contributed by atoms with Gasteiger partial charge in [-0.2, -0.15) is 0 Å². The van der Waals surface area contributed by atoms with Crippen LogP contribution in [0.5, 0.6) is 0 Å². The van der Waals surface area contributed by atoms with Gasteiger partial charge in [-0.1, -0.05) is 24.7 Å². The van der Waals surface area contributed by atoms with Gasteiger partial charge in [0.1, 0.15) is 0 Å². The van der Waals surface area contributed by atoms with E-state index in [4.69, 9.17) is 0 Å². The highest BCUT2D eigenvalue weighted by molar-refractivity contribution is 7.18. The lowest BCUT2D eigenvalue weighted by Crippen LogP contribution is -2.11. The van der Waals surface area contributed by atoms with Crippen molar-refractivity contribution in [1.82, 2.24) is 4.98 Å². The molecule has 1 atom stereocenters. The molecule has 0 aliphatic heterocycles. The third-order valence-electron chi connectivity index (χ3n) is 4.32. The highest BCUT2D eigenvalue weighted by Crippen LogP contribution is 2.34. The minimum absolute atomic E-state index is 0.0160. The van der Waals surface area contributed by atoms with Crippen LogP contribution in [0.15, 0.2) is 6.07 Å². The van der Waals surface area contributed by atoms with Gasteiger partial charge < -0.3 is 0 Å². The number of aryl methyl sites for hydroxylation is 2. The number of nitrogens with one attached hydrogen (secondary N) is 1. The molecule has 6 heteroatoms. The summed E-state index contributed by atoms with van der Waals surface area (Å²) < 4.78 is 0. The monoisotopic (exact) mass is 348 g/mol. The summed E-state index contributed by atoms with van der Waals surface area (Å²) in [6, 6.07) is 2.03. The number of anilines is 1. The van der Waals surface area contributed by atoms with Crippen molar-refractivity contribution in [2.45, 2.75) is 46.5 Å². The Balaban J connectivity index is 1.75. The quantitative estimate of drug-likeness (QED) is 0.829. The van der Waals surface area contributed by atoms with Gasteiger partial charge >= 0.3 is 0 Å². The van der Waals surface area contributed by atoms with E-state index in [-0.39, 0.29) is 11.7 Å². The topological polar surface area (TPSA) is 59.1 Å². The molecule has 1 N–H and O–H groups in total. The van der Waals surface area contributed by atoms with Gasteiger partial charge in [-0.15, -0.1) is 11.3 Å². The number of hydrogen-bond donors (Lipinski definition) is 1. The van der Waals surface area contributed by atoms with E-state index in [0.717, 1.165) is 23.6 Å². The number of thiazole rings is 1. The van der Waals surface area contributed by atoms with E-state index in [0.29, 0.717) is 15.7 Å². The van der Waals surface area contributed by atoms with Crippen molar-refractivity contribution < 1.29 is 9.59 Å². The number of amides is 1. The summed E-state index contributed by atoms with van der Waals surface area (Å²) in [5.74, 6) is 0.603. The van der Waals surface area contributed by atoms with Gasteiger partial charge in [0.15, 0.2) is 10.9 Å². The summed E-state index contributed by atoms with van der Waals surface area (Å²) in [5.41, 5.74) is 2.01. The number of carbonyl (C=O) groups excluding carboxylic acids is 2. The highest BCUT2D eigenvalue weighted by Gasteiger charge is 2.22. The summed E-state index contributed by atoms with van der Waals surface area (Å²) in [6.07, 6.45) is 4.58. The normalized spacial score (nSPS) is 16.9. The van der Waals surface area contributed by atoms with E-state index < -0.39 is 0 Å². The van der Waals surface area contributed by atoms with Crippen molar-refractivity contribution in [1.29, 1.82) is 0 Å². The number of aromatic nitrogens is 1. The number of carbonyl (C=O) groups is 2. The minimum atomic E-state index is -0.124. The number of thiophene rings is 1. The zero-order valence-electron chi connectivity index (χ0n) is 13.6. The van der Waals surface area contributed by atoms with Crippen molar-refractivity contribution in [2.24, 2.45) is 5.92 Å². The van der Waals surface area contributed by atoms with Gasteiger partial charge in [-0.25, -0.2) is 4.98 Å². The van der Waals surface area contributed by atoms with Crippen LogP contribution in [0.25, 0.3) is 0 Å². The number of fused-ring (bicyclic) bond motifs is 1. The largest absolute Gasteiger partial charge is 0.297 e. The molecule has 2 aromatic heterocycles. The van der Waals surface area contributed by atoms with Gasteiger partial charge in [-0.3, -0.25) is 14.9 Å². The van der Waals surface area contributed by atoms with Crippen LogP contribution in [0, 0.1) is 12.8 Å². The molecule has 0 saturated heterocycles. The molecule has 0 fully saturated rings. The molecule has 0 radical (unpaired) electrons. The molecule has 3 rings (SSSR count). The lowest BCUT2D eigenvalue weighted by molar-refractivity contribution is 0.101. The van der Waals surface area contributed by atoms with Crippen LogP contribution in [-0.4, -0.2) is 16.7 Å². The van der Waals surface area contributed by atoms with Crippen LogP contribution < -0.4 is 5.32 Å². The smallest absolute Gasteiger partial charge is 0.267 e. The van der Waals surface area contributed by atoms with Crippen LogP contribution >= 0.6 is 22.7 Å². The number of rotatable bonds is 4. The molecule has 0 bridgehead atoms. The van der Waals surface area contributed by atoms with E-state index in [1.807, 2.05) is 6.07 Å². The second-order valence-corrected chi connectivity index (χ2v) is 8.16. The standard InChI is InChI=1S/C17H20N2O2S2/c1-4-11-5-6-13-12(7-11)8-14(22-13)16(21)19-17-18-9(2)15(23-17)10(3)20/h8,11H,4-7H2,1-3H3,(H,18,19,21)/t11-/m1/s1. The second kappa shape index (κ2) is 6.53. The summed E-state index contributed by atoms with van der Waals surface area (Å²) in [4.78, 5) is 30.9. The van der Waals surface area contributed by atoms with Crippen molar-refractivity contribution >= 4 is 39.5 Å². The second-order valence-electron chi connectivity index (χ2n) is 6.02. The molecule has 2 heterocycles. The summed E-state index contributed by atoms with van der Waals surface area (Å²) >= 11 is 2.83. The summed E-state index contributed by atoms with van der Waals surface area (Å²) in [7, 11) is 0. The number of Topliss-reactive ketones (excluding diaryl/α,β-unsaturated/α-hetero) is 1. The fourth-order valence-electron chi connectivity index (χ4n) is 2.99. The van der Waals surface area contributed by atoms with E-state index in [1.54, 1.807) is 18.3 Å².